The summed E-state index contributed by atoms with van der Waals surface area (Å²) in [5, 5.41) is 6.42. The minimum absolute atomic E-state index is 0. The molecule has 22 heavy (non-hydrogen) atoms. The molecule has 0 spiro atoms. The molecule has 120 valence electrons. The molecule has 1 aliphatic rings. The van der Waals surface area contributed by atoms with Crippen molar-refractivity contribution in [2.75, 3.05) is 31.1 Å². The lowest BCUT2D eigenvalue weighted by Crippen LogP contribution is -2.37. The van der Waals surface area contributed by atoms with E-state index in [-0.39, 0.29) is 24.0 Å². The Hall–Kier alpha value is -1.50. The lowest BCUT2D eigenvalue weighted by molar-refractivity contribution is 0.860. The second-order valence-electron chi connectivity index (χ2n) is 4.91. The SMILES string of the molecule is C=CCNC(=NCc1ccc(N2CC=CC2)cc1)NCC.I. The van der Waals surface area contributed by atoms with Crippen LogP contribution in [0, 0.1) is 0 Å². The molecule has 0 bridgehead atoms. The van der Waals surface area contributed by atoms with Gasteiger partial charge in [0.15, 0.2) is 5.96 Å². The summed E-state index contributed by atoms with van der Waals surface area (Å²) in [5.74, 6) is 0.824. The summed E-state index contributed by atoms with van der Waals surface area (Å²) in [4.78, 5) is 6.91. The fourth-order valence-corrected chi connectivity index (χ4v) is 2.18. The highest BCUT2D eigenvalue weighted by Crippen LogP contribution is 2.17. The molecular weight excluding hydrogens is 387 g/mol. The maximum absolute atomic E-state index is 4.57. The molecule has 0 aromatic heterocycles. The number of hydrogen-bond donors (Lipinski definition) is 2. The fraction of sp³-hybridized carbons (Fsp3) is 0.353. The van der Waals surface area contributed by atoms with Crippen molar-refractivity contribution in [3.05, 3.63) is 54.6 Å². The van der Waals surface area contributed by atoms with Gasteiger partial charge in [0.2, 0.25) is 0 Å². The zero-order valence-electron chi connectivity index (χ0n) is 13.1. The Bertz CT molecular complexity index is 500. The van der Waals surface area contributed by atoms with Gasteiger partial charge in [-0.15, -0.1) is 30.6 Å². The highest BCUT2D eigenvalue weighted by molar-refractivity contribution is 14.0. The van der Waals surface area contributed by atoms with E-state index in [2.05, 4.69) is 70.4 Å². The van der Waals surface area contributed by atoms with Gasteiger partial charge in [-0.25, -0.2) is 4.99 Å². The fourth-order valence-electron chi connectivity index (χ4n) is 2.18. The largest absolute Gasteiger partial charge is 0.364 e. The summed E-state index contributed by atoms with van der Waals surface area (Å²) in [6, 6.07) is 8.63. The van der Waals surface area contributed by atoms with E-state index in [1.807, 2.05) is 6.08 Å². The number of nitrogens with zero attached hydrogens (tertiary/aromatic N) is 2. The number of nitrogens with one attached hydrogen (secondary N) is 2. The zero-order valence-corrected chi connectivity index (χ0v) is 15.4. The quantitative estimate of drug-likeness (QED) is 0.327. The monoisotopic (exact) mass is 412 g/mol. The third-order valence-corrected chi connectivity index (χ3v) is 3.30. The molecule has 0 amide bonds. The molecule has 0 unspecified atom stereocenters. The van der Waals surface area contributed by atoms with E-state index in [9.17, 15) is 0 Å². The molecule has 1 aromatic carbocycles. The summed E-state index contributed by atoms with van der Waals surface area (Å²) in [6.07, 6.45) is 6.23. The Balaban J connectivity index is 0.00000242. The van der Waals surface area contributed by atoms with Gasteiger partial charge in [-0.1, -0.05) is 30.4 Å². The Morgan fingerprint density at radius 2 is 1.91 bits per heavy atom. The molecule has 1 aromatic rings. The smallest absolute Gasteiger partial charge is 0.191 e. The first-order valence-electron chi connectivity index (χ1n) is 7.45. The predicted molar refractivity (Wildman–Crippen MR) is 106 cm³/mol. The molecule has 0 fully saturated rings. The molecule has 2 rings (SSSR count). The third-order valence-electron chi connectivity index (χ3n) is 3.30. The average Bonchev–Trinajstić information content (AvgIpc) is 3.05. The van der Waals surface area contributed by atoms with Crippen molar-refractivity contribution in [2.24, 2.45) is 4.99 Å². The second-order valence-corrected chi connectivity index (χ2v) is 4.91. The Kier molecular flexibility index (Phi) is 8.65. The normalized spacial score (nSPS) is 13.7. The molecule has 0 atom stereocenters. The minimum atomic E-state index is 0. The summed E-state index contributed by atoms with van der Waals surface area (Å²) < 4.78 is 0. The molecule has 0 saturated heterocycles. The maximum Gasteiger partial charge on any atom is 0.191 e. The number of aliphatic imine (C=N–C) groups is 1. The van der Waals surface area contributed by atoms with Crippen LogP contribution in [0.25, 0.3) is 0 Å². The lowest BCUT2D eigenvalue weighted by Gasteiger charge is -2.17. The number of halogens is 1. The van der Waals surface area contributed by atoms with Crippen LogP contribution in [0.5, 0.6) is 0 Å². The first-order valence-corrected chi connectivity index (χ1v) is 7.45. The Labute approximate surface area is 150 Å². The van der Waals surface area contributed by atoms with Crippen molar-refractivity contribution in [3.63, 3.8) is 0 Å². The van der Waals surface area contributed by atoms with Gasteiger partial charge in [-0.2, -0.15) is 0 Å². The van der Waals surface area contributed by atoms with Gasteiger partial charge >= 0.3 is 0 Å². The van der Waals surface area contributed by atoms with E-state index in [4.69, 9.17) is 0 Å². The summed E-state index contributed by atoms with van der Waals surface area (Å²) in [6.45, 7) is 10.0. The van der Waals surface area contributed by atoms with Crippen LogP contribution in [-0.2, 0) is 6.54 Å². The molecule has 2 N–H and O–H groups in total. The summed E-state index contributed by atoms with van der Waals surface area (Å²) >= 11 is 0. The van der Waals surface area contributed by atoms with E-state index < -0.39 is 0 Å². The van der Waals surface area contributed by atoms with Gasteiger partial charge in [-0.05, 0) is 24.6 Å². The van der Waals surface area contributed by atoms with Crippen LogP contribution < -0.4 is 15.5 Å². The van der Waals surface area contributed by atoms with Crippen molar-refractivity contribution < 1.29 is 0 Å². The van der Waals surface area contributed by atoms with Gasteiger partial charge < -0.3 is 15.5 Å². The average molecular weight is 412 g/mol. The van der Waals surface area contributed by atoms with Crippen molar-refractivity contribution in [1.82, 2.24) is 10.6 Å². The van der Waals surface area contributed by atoms with Gasteiger partial charge in [0.25, 0.3) is 0 Å². The number of guanidine groups is 1. The molecule has 0 radical (unpaired) electrons. The van der Waals surface area contributed by atoms with Gasteiger partial charge in [-0.3, -0.25) is 0 Å². The number of anilines is 1. The van der Waals surface area contributed by atoms with Crippen LogP contribution in [0.15, 0.2) is 54.1 Å². The highest BCUT2D eigenvalue weighted by Gasteiger charge is 2.06. The van der Waals surface area contributed by atoms with Crippen LogP contribution in [0.1, 0.15) is 12.5 Å². The Morgan fingerprint density at radius 3 is 2.50 bits per heavy atom. The summed E-state index contributed by atoms with van der Waals surface area (Å²) in [5.41, 5.74) is 2.48. The van der Waals surface area contributed by atoms with Crippen LogP contribution in [-0.4, -0.2) is 32.1 Å². The molecule has 4 nitrogen and oxygen atoms in total. The first-order chi connectivity index (χ1) is 10.3. The zero-order chi connectivity index (χ0) is 14.9. The summed E-state index contributed by atoms with van der Waals surface area (Å²) in [7, 11) is 0. The van der Waals surface area contributed by atoms with Crippen molar-refractivity contribution >= 4 is 35.6 Å². The predicted octanol–water partition coefficient (Wildman–Crippen LogP) is 2.92. The van der Waals surface area contributed by atoms with Crippen LogP contribution in [0.2, 0.25) is 0 Å². The van der Waals surface area contributed by atoms with Crippen molar-refractivity contribution in [1.29, 1.82) is 0 Å². The molecule has 5 heteroatoms. The van der Waals surface area contributed by atoms with E-state index in [0.717, 1.165) is 25.6 Å². The van der Waals surface area contributed by atoms with E-state index in [1.165, 1.54) is 11.3 Å². The molecule has 1 aliphatic heterocycles. The van der Waals surface area contributed by atoms with E-state index >= 15 is 0 Å². The standard InChI is InChI=1S/C17H24N4.HI/c1-3-11-19-17(18-4-2)20-14-15-7-9-16(10-8-15)21-12-5-6-13-21;/h3,5-10H,1,4,11-14H2,2H3,(H2,18,19,20);1H. The lowest BCUT2D eigenvalue weighted by atomic mass is 10.2. The molecule has 1 heterocycles. The molecule has 0 aliphatic carbocycles. The number of hydrogen-bond acceptors (Lipinski definition) is 2. The third kappa shape index (κ3) is 5.71. The van der Waals surface area contributed by atoms with Crippen LogP contribution in [0.3, 0.4) is 0 Å². The van der Waals surface area contributed by atoms with Crippen molar-refractivity contribution in [2.45, 2.75) is 13.5 Å². The first kappa shape index (κ1) is 18.5. The van der Waals surface area contributed by atoms with Gasteiger partial charge in [0.1, 0.15) is 0 Å². The highest BCUT2D eigenvalue weighted by atomic mass is 127. The topological polar surface area (TPSA) is 39.7 Å². The van der Waals surface area contributed by atoms with E-state index in [0.29, 0.717) is 13.1 Å². The molecular formula is C17H25IN4. The minimum Gasteiger partial charge on any atom is -0.364 e. The Morgan fingerprint density at radius 1 is 1.23 bits per heavy atom. The van der Waals surface area contributed by atoms with Crippen LogP contribution >= 0.6 is 24.0 Å². The van der Waals surface area contributed by atoms with Gasteiger partial charge in [0, 0.05) is 31.9 Å². The molecule has 0 saturated carbocycles. The van der Waals surface area contributed by atoms with E-state index in [1.54, 1.807) is 0 Å². The number of rotatable bonds is 6. The maximum atomic E-state index is 4.57. The van der Waals surface area contributed by atoms with Crippen LogP contribution in [0.4, 0.5) is 5.69 Å². The number of benzene rings is 1. The second kappa shape index (κ2) is 10.3. The van der Waals surface area contributed by atoms with Gasteiger partial charge in [0.05, 0.1) is 6.54 Å². The van der Waals surface area contributed by atoms with Crippen molar-refractivity contribution in [3.8, 4) is 0 Å².